The van der Waals surface area contributed by atoms with E-state index in [0.29, 0.717) is 0 Å². The van der Waals surface area contributed by atoms with Gasteiger partial charge in [0.15, 0.2) is 0 Å². The van der Waals surface area contributed by atoms with Crippen LogP contribution in [0.5, 0.6) is 5.75 Å². The molecule has 0 bridgehead atoms. The maximum atomic E-state index is 6.37. The molecule has 1 aliphatic heterocycles. The van der Waals surface area contributed by atoms with Crippen LogP contribution in [0.1, 0.15) is 19.8 Å². The predicted molar refractivity (Wildman–Crippen MR) is 68.4 cm³/mol. The van der Waals surface area contributed by atoms with Crippen LogP contribution >= 0.6 is 0 Å². The highest BCUT2D eigenvalue weighted by molar-refractivity contribution is 5.22. The van der Waals surface area contributed by atoms with Crippen LogP contribution in [0, 0.1) is 0 Å². The summed E-state index contributed by atoms with van der Waals surface area (Å²) in [5.41, 5.74) is 12.5. The SMILES string of the molecule is CCN1CCCC(N)C1(N)Oc1ccccc1. The Morgan fingerprint density at radius 3 is 2.76 bits per heavy atom. The Morgan fingerprint density at radius 1 is 1.41 bits per heavy atom. The fraction of sp³-hybridized carbons (Fsp3) is 0.538. The molecule has 1 fully saturated rings. The molecular formula is C13H21N3O. The zero-order valence-electron chi connectivity index (χ0n) is 10.3. The van der Waals surface area contributed by atoms with Crippen molar-refractivity contribution >= 4 is 0 Å². The van der Waals surface area contributed by atoms with Crippen molar-refractivity contribution in [2.75, 3.05) is 13.1 Å². The number of piperidine rings is 1. The van der Waals surface area contributed by atoms with Gasteiger partial charge in [-0.3, -0.25) is 10.6 Å². The van der Waals surface area contributed by atoms with Gasteiger partial charge in [0.25, 0.3) is 0 Å². The van der Waals surface area contributed by atoms with Crippen LogP contribution in [-0.2, 0) is 0 Å². The number of nitrogens with zero attached hydrogens (tertiary/aromatic N) is 1. The summed E-state index contributed by atoms with van der Waals surface area (Å²) in [6.07, 6.45) is 1.98. The first-order chi connectivity index (χ1) is 8.16. The lowest BCUT2D eigenvalue weighted by Gasteiger charge is -2.47. The van der Waals surface area contributed by atoms with Gasteiger partial charge in [-0.2, -0.15) is 0 Å². The number of likely N-dealkylation sites (tertiary alicyclic amines) is 1. The maximum absolute atomic E-state index is 6.37. The van der Waals surface area contributed by atoms with Crippen LogP contribution in [-0.4, -0.2) is 29.9 Å². The van der Waals surface area contributed by atoms with E-state index in [1.807, 2.05) is 30.3 Å². The van der Waals surface area contributed by atoms with Crippen LogP contribution in [0.3, 0.4) is 0 Å². The van der Waals surface area contributed by atoms with Gasteiger partial charge in [0.2, 0.25) is 5.85 Å². The zero-order valence-corrected chi connectivity index (χ0v) is 10.3. The average molecular weight is 235 g/mol. The molecule has 4 nitrogen and oxygen atoms in total. The molecule has 0 amide bonds. The van der Waals surface area contributed by atoms with E-state index < -0.39 is 5.85 Å². The van der Waals surface area contributed by atoms with Gasteiger partial charge in [-0.1, -0.05) is 25.1 Å². The van der Waals surface area contributed by atoms with Gasteiger partial charge in [-0.15, -0.1) is 0 Å². The van der Waals surface area contributed by atoms with Crippen molar-refractivity contribution in [2.24, 2.45) is 11.5 Å². The number of ether oxygens (including phenoxy) is 1. The van der Waals surface area contributed by atoms with E-state index >= 15 is 0 Å². The molecule has 1 aromatic carbocycles. The molecule has 2 unspecified atom stereocenters. The molecule has 4 heteroatoms. The first-order valence-electron chi connectivity index (χ1n) is 6.20. The van der Waals surface area contributed by atoms with E-state index in [2.05, 4.69) is 11.8 Å². The van der Waals surface area contributed by atoms with Crippen LogP contribution in [0.25, 0.3) is 0 Å². The molecule has 1 saturated heterocycles. The standard InChI is InChI=1S/C13H21N3O/c1-2-16-10-6-9-12(14)13(16,15)17-11-7-4-3-5-8-11/h3-5,7-8,12H,2,6,9-10,14-15H2,1H3. The normalized spacial score (nSPS) is 30.2. The molecule has 0 aromatic heterocycles. The number of hydrogen-bond donors (Lipinski definition) is 2. The van der Waals surface area contributed by atoms with Crippen LogP contribution in [0.2, 0.25) is 0 Å². The van der Waals surface area contributed by atoms with E-state index in [1.165, 1.54) is 0 Å². The lowest BCUT2D eigenvalue weighted by atomic mass is 10.00. The molecule has 0 radical (unpaired) electrons. The Bertz CT molecular complexity index is 357. The van der Waals surface area contributed by atoms with Crippen molar-refractivity contribution in [3.05, 3.63) is 30.3 Å². The summed E-state index contributed by atoms with van der Waals surface area (Å²) in [4.78, 5) is 2.11. The minimum atomic E-state index is -0.881. The number of para-hydroxylation sites is 1. The molecule has 0 aliphatic carbocycles. The molecule has 1 aromatic rings. The van der Waals surface area contributed by atoms with Crippen molar-refractivity contribution in [3.63, 3.8) is 0 Å². The molecule has 1 aliphatic rings. The molecule has 17 heavy (non-hydrogen) atoms. The molecule has 2 atom stereocenters. The van der Waals surface area contributed by atoms with E-state index in [4.69, 9.17) is 16.2 Å². The molecule has 4 N–H and O–H groups in total. The van der Waals surface area contributed by atoms with Gasteiger partial charge in [-0.05, 0) is 25.0 Å². The van der Waals surface area contributed by atoms with Crippen LogP contribution in [0.4, 0.5) is 0 Å². The third kappa shape index (κ3) is 2.44. The Balaban J connectivity index is 2.19. The second-order valence-corrected chi connectivity index (χ2v) is 4.50. The fourth-order valence-corrected chi connectivity index (χ4v) is 2.34. The van der Waals surface area contributed by atoms with E-state index in [-0.39, 0.29) is 6.04 Å². The topological polar surface area (TPSA) is 64.5 Å². The summed E-state index contributed by atoms with van der Waals surface area (Å²) < 4.78 is 5.94. The second kappa shape index (κ2) is 5.04. The van der Waals surface area contributed by atoms with Crippen molar-refractivity contribution in [3.8, 4) is 5.75 Å². The number of nitrogens with two attached hydrogens (primary N) is 2. The average Bonchev–Trinajstić information content (AvgIpc) is 2.34. The third-order valence-electron chi connectivity index (χ3n) is 3.37. The molecule has 94 valence electrons. The molecular weight excluding hydrogens is 214 g/mol. The van der Waals surface area contributed by atoms with Crippen molar-refractivity contribution in [1.29, 1.82) is 0 Å². The first kappa shape index (κ1) is 12.4. The van der Waals surface area contributed by atoms with E-state index in [1.54, 1.807) is 0 Å². The smallest absolute Gasteiger partial charge is 0.233 e. The Morgan fingerprint density at radius 2 is 2.12 bits per heavy atom. The van der Waals surface area contributed by atoms with Gasteiger partial charge < -0.3 is 10.5 Å². The molecule has 0 spiro atoms. The Kier molecular flexibility index (Phi) is 3.66. The summed E-state index contributed by atoms with van der Waals surface area (Å²) >= 11 is 0. The summed E-state index contributed by atoms with van der Waals surface area (Å²) in [6, 6.07) is 9.48. The van der Waals surface area contributed by atoms with E-state index in [9.17, 15) is 0 Å². The fourth-order valence-electron chi connectivity index (χ4n) is 2.34. The quantitative estimate of drug-likeness (QED) is 0.771. The predicted octanol–water partition coefficient (Wildman–Crippen LogP) is 1.12. The number of hydrogen-bond acceptors (Lipinski definition) is 4. The van der Waals surface area contributed by atoms with E-state index in [0.717, 1.165) is 31.7 Å². The monoisotopic (exact) mass is 235 g/mol. The largest absolute Gasteiger partial charge is 0.458 e. The zero-order chi connectivity index (χ0) is 12.3. The highest BCUT2D eigenvalue weighted by atomic mass is 16.5. The third-order valence-corrected chi connectivity index (χ3v) is 3.37. The summed E-state index contributed by atoms with van der Waals surface area (Å²) in [5.74, 6) is -0.111. The second-order valence-electron chi connectivity index (χ2n) is 4.50. The Hall–Kier alpha value is -1.10. The number of benzene rings is 1. The summed E-state index contributed by atoms with van der Waals surface area (Å²) in [6.45, 7) is 3.86. The maximum Gasteiger partial charge on any atom is 0.233 e. The van der Waals surface area contributed by atoms with Crippen LogP contribution in [0.15, 0.2) is 30.3 Å². The molecule has 1 heterocycles. The van der Waals surface area contributed by atoms with Gasteiger partial charge in [-0.25, -0.2) is 0 Å². The highest BCUT2D eigenvalue weighted by Crippen LogP contribution is 2.26. The summed E-state index contributed by atoms with van der Waals surface area (Å²) in [7, 11) is 0. The minimum Gasteiger partial charge on any atom is -0.458 e. The van der Waals surface area contributed by atoms with Crippen molar-refractivity contribution in [1.82, 2.24) is 4.90 Å². The number of rotatable bonds is 3. The van der Waals surface area contributed by atoms with Gasteiger partial charge in [0.1, 0.15) is 5.75 Å². The van der Waals surface area contributed by atoms with Crippen molar-refractivity contribution in [2.45, 2.75) is 31.7 Å². The van der Waals surface area contributed by atoms with Crippen molar-refractivity contribution < 1.29 is 4.74 Å². The lowest BCUT2D eigenvalue weighted by Crippen LogP contribution is -2.72. The van der Waals surface area contributed by atoms with Crippen LogP contribution < -0.4 is 16.2 Å². The Labute approximate surface area is 103 Å². The van der Waals surface area contributed by atoms with Gasteiger partial charge >= 0.3 is 0 Å². The molecule has 0 saturated carbocycles. The number of likely N-dealkylation sites (N-methyl/N-ethyl adjacent to an activating group) is 1. The lowest BCUT2D eigenvalue weighted by molar-refractivity contribution is -0.117. The molecule has 2 rings (SSSR count). The van der Waals surface area contributed by atoms with Gasteiger partial charge in [0.05, 0.1) is 6.04 Å². The highest BCUT2D eigenvalue weighted by Gasteiger charge is 2.43. The summed E-state index contributed by atoms with van der Waals surface area (Å²) in [5, 5.41) is 0. The van der Waals surface area contributed by atoms with Gasteiger partial charge in [0, 0.05) is 13.1 Å². The first-order valence-corrected chi connectivity index (χ1v) is 6.20. The minimum absolute atomic E-state index is 0.156.